The largest absolute Gasteiger partial charge is 0.453 e. The Labute approximate surface area is 135 Å². The molecule has 0 saturated heterocycles. The third-order valence-corrected chi connectivity index (χ3v) is 4.50. The molecule has 2 nitrogen and oxygen atoms in total. The van der Waals surface area contributed by atoms with Crippen LogP contribution < -0.4 is 5.32 Å². The molecule has 0 aliphatic heterocycles. The summed E-state index contributed by atoms with van der Waals surface area (Å²) in [6, 6.07) is 4.73. The van der Waals surface area contributed by atoms with E-state index in [2.05, 4.69) is 21.2 Å². The number of nitrogens with one attached hydrogen (secondary N) is 1. The van der Waals surface area contributed by atoms with Gasteiger partial charge in [-0.15, -0.1) is 0 Å². The predicted octanol–water partition coefficient (Wildman–Crippen LogP) is 5.58. The lowest BCUT2D eigenvalue weighted by Gasteiger charge is -2.19. The van der Waals surface area contributed by atoms with Crippen LogP contribution in [0.1, 0.15) is 30.5 Å². The van der Waals surface area contributed by atoms with E-state index < -0.39 is 11.9 Å². The minimum atomic E-state index is -0.466. The molecule has 0 aliphatic carbocycles. The van der Waals surface area contributed by atoms with Gasteiger partial charge in [0.1, 0.15) is 5.82 Å². The van der Waals surface area contributed by atoms with E-state index in [0.29, 0.717) is 15.6 Å². The van der Waals surface area contributed by atoms with Crippen LogP contribution in [0.2, 0.25) is 10.2 Å². The molecule has 0 aliphatic rings. The molecule has 0 amide bonds. The van der Waals surface area contributed by atoms with Crippen LogP contribution >= 0.6 is 39.1 Å². The van der Waals surface area contributed by atoms with Crippen LogP contribution in [0.4, 0.5) is 4.39 Å². The number of hydrogen-bond acceptors (Lipinski definition) is 2. The van der Waals surface area contributed by atoms with E-state index in [9.17, 15) is 4.39 Å². The number of furan rings is 1. The summed E-state index contributed by atoms with van der Waals surface area (Å²) in [4.78, 5) is 0. The van der Waals surface area contributed by atoms with Crippen molar-refractivity contribution < 1.29 is 8.81 Å². The molecule has 1 atom stereocenters. The van der Waals surface area contributed by atoms with E-state index in [1.807, 2.05) is 6.92 Å². The lowest BCUT2D eigenvalue weighted by atomic mass is 10.0. The van der Waals surface area contributed by atoms with Gasteiger partial charge in [-0.3, -0.25) is 0 Å². The van der Waals surface area contributed by atoms with Crippen LogP contribution in [0.3, 0.4) is 0 Å². The normalized spacial score (nSPS) is 12.7. The summed E-state index contributed by atoms with van der Waals surface area (Å²) in [7, 11) is 0. The van der Waals surface area contributed by atoms with Crippen molar-refractivity contribution in [2.75, 3.05) is 6.54 Å². The highest BCUT2D eigenvalue weighted by atomic mass is 79.9. The highest BCUT2D eigenvalue weighted by molar-refractivity contribution is 9.10. The van der Waals surface area contributed by atoms with Crippen LogP contribution in [-0.2, 0) is 0 Å². The van der Waals surface area contributed by atoms with E-state index in [1.54, 1.807) is 18.2 Å². The standard InChI is InChI=1S/C14H13BrCl2FNO/c1-2-6-19-13(9-5-7-20-14(9)17)8-3-4-10(15)11(16)12(8)18/h3-5,7,13,19H,2,6H2,1H3. The lowest BCUT2D eigenvalue weighted by Crippen LogP contribution is -2.24. The van der Waals surface area contributed by atoms with Gasteiger partial charge < -0.3 is 9.73 Å². The Kier molecular flexibility index (Phi) is 5.49. The zero-order valence-electron chi connectivity index (χ0n) is 10.7. The van der Waals surface area contributed by atoms with Gasteiger partial charge in [0.2, 0.25) is 0 Å². The van der Waals surface area contributed by atoms with Crippen molar-refractivity contribution in [1.82, 2.24) is 5.32 Å². The maximum atomic E-state index is 14.4. The summed E-state index contributed by atoms with van der Waals surface area (Å²) in [5.74, 6) is -0.466. The van der Waals surface area contributed by atoms with Crippen LogP contribution in [0.25, 0.3) is 0 Å². The smallest absolute Gasteiger partial charge is 0.198 e. The molecule has 6 heteroatoms. The van der Waals surface area contributed by atoms with E-state index in [4.69, 9.17) is 27.6 Å². The fraction of sp³-hybridized carbons (Fsp3) is 0.286. The molecule has 2 rings (SSSR count). The molecule has 2 aromatic rings. The molecule has 0 radical (unpaired) electrons. The van der Waals surface area contributed by atoms with Crippen molar-refractivity contribution in [2.24, 2.45) is 0 Å². The second kappa shape index (κ2) is 6.94. The summed E-state index contributed by atoms with van der Waals surface area (Å²) in [6.45, 7) is 2.76. The number of rotatable bonds is 5. The van der Waals surface area contributed by atoms with Gasteiger partial charge in [-0.1, -0.05) is 24.6 Å². The van der Waals surface area contributed by atoms with E-state index in [-0.39, 0.29) is 10.2 Å². The zero-order chi connectivity index (χ0) is 14.7. The number of hydrogen-bond donors (Lipinski definition) is 1. The molecule has 1 N–H and O–H groups in total. The molecule has 0 spiro atoms. The fourth-order valence-electron chi connectivity index (χ4n) is 1.95. The van der Waals surface area contributed by atoms with Crippen molar-refractivity contribution in [3.05, 3.63) is 56.1 Å². The van der Waals surface area contributed by atoms with Crippen molar-refractivity contribution >= 4 is 39.1 Å². The summed E-state index contributed by atoms with van der Waals surface area (Å²) in [5.41, 5.74) is 1.13. The first-order valence-corrected chi connectivity index (χ1v) is 7.70. The predicted molar refractivity (Wildman–Crippen MR) is 83.0 cm³/mol. The lowest BCUT2D eigenvalue weighted by molar-refractivity contribution is 0.531. The van der Waals surface area contributed by atoms with Gasteiger partial charge in [0, 0.05) is 15.6 Å². The average Bonchev–Trinajstić information content (AvgIpc) is 2.85. The minimum absolute atomic E-state index is 0.0606. The SMILES string of the molecule is CCCNC(c1ccoc1Cl)c1ccc(Br)c(Cl)c1F. The second-order valence-electron chi connectivity index (χ2n) is 4.30. The van der Waals surface area contributed by atoms with Crippen molar-refractivity contribution in [3.8, 4) is 0 Å². The quantitative estimate of drug-likeness (QED) is 0.685. The monoisotopic (exact) mass is 379 g/mol. The minimum Gasteiger partial charge on any atom is -0.453 e. The maximum absolute atomic E-state index is 14.4. The first-order chi connectivity index (χ1) is 9.56. The third kappa shape index (κ3) is 3.19. The first-order valence-electron chi connectivity index (χ1n) is 6.16. The Hall–Kier alpha value is -0.550. The molecule has 0 fully saturated rings. The van der Waals surface area contributed by atoms with Crippen LogP contribution in [0.5, 0.6) is 0 Å². The topological polar surface area (TPSA) is 25.2 Å². The first kappa shape index (κ1) is 15.8. The molecular weight excluding hydrogens is 368 g/mol. The Morgan fingerprint density at radius 3 is 2.65 bits per heavy atom. The van der Waals surface area contributed by atoms with Crippen molar-refractivity contribution in [1.29, 1.82) is 0 Å². The Morgan fingerprint density at radius 2 is 2.05 bits per heavy atom. The number of halogens is 4. The molecule has 20 heavy (non-hydrogen) atoms. The van der Waals surface area contributed by atoms with Gasteiger partial charge in [-0.2, -0.15) is 0 Å². The third-order valence-electron chi connectivity index (χ3n) is 2.93. The molecule has 1 aromatic carbocycles. The van der Waals surface area contributed by atoms with Crippen molar-refractivity contribution in [2.45, 2.75) is 19.4 Å². The van der Waals surface area contributed by atoms with Gasteiger partial charge in [0.05, 0.1) is 17.3 Å². The van der Waals surface area contributed by atoms with Gasteiger partial charge >= 0.3 is 0 Å². The Bertz CT molecular complexity index is 603. The average molecular weight is 381 g/mol. The van der Waals surface area contributed by atoms with E-state index in [1.165, 1.54) is 6.26 Å². The Balaban J connectivity index is 2.47. The molecule has 0 saturated carbocycles. The highest BCUT2D eigenvalue weighted by Crippen LogP contribution is 2.35. The second-order valence-corrected chi connectivity index (χ2v) is 5.88. The van der Waals surface area contributed by atoms with Crippen LogP contribution in [0, 0.1) is 5.82 Å². The van der Waals surface area contributed by atoms with Gasteiger partial charge in [0.15, 0.2) is 5.22 Å². The van der Waals surface area contributed by atoms with Crippen LogP contribution in [-0.4, -0.2) is 6.54 Å². The number of benzene rings is 1. The van der Waals surface area contributed by atoms with Gasteiger partial charge in [-0.25, -0.2) is 4.39 Å². The van der Waals surface area contributed by atoms with E-state index >= 15 is 0 Å². The Morgan fingerprint density at radius 1 is 1.30 bits per heavy atom. The van der Waals surface area contributed by atoms with Gasteiger partial charge in [0.25, 0.3) is 0 Å². The van der Waals surface area contributed by atoms with E-state index in [0.717, 1.165) is 13.0 Å². The van der Waals surface area contributed by atoms with Crippen LogP contribution in [0.15, 0.2) is 33.4 Å². The summed E-state index contributed by atoms with van der Waals surface area (Å²) < 4.78 is 20.0. The maximum Gasteiger partial charge on any atom is 0.198 e. The van der Waals surface area contributed by atoms with Gasteiger partial charge in [-0.05, 0) is 52.6 Å². The molecular formula is C14H13BrCl2FNO. The molecule has 1 heterocycles. The molecule has 1 aromatic heterocycles. The fourth-order valence-corrected chi connectivity index (χ4v) is 2.65. The zero-order valence-corrected chi connectivity index (χ0v) is 13.8. The molecule has 1 unspecified atom stereocenters. The summed E-state index contributed by atoms with van der Waals surface area (Å²) in [6.07, 6.45) is 2.40. The molecule has 0 bridgehead atoms. The van der Waals surface area contributed by atoms with Crippen molar-refractivity contribution in [3.63, 3.8) is 0 Å². The highest BCUT2D eigenvalue weighted by Gasteiger charge is 2.23. The summed E-state index contributed by atoms with van der Waals surface area (Å²) >= 11 is 15.2. The molecule has 108 valence electrons. The summed E-state index contributed by atoms with van der Waals surface area (Å²) in [5, 5.41) is 3.57.